The van der Waals surface area contributed by atoms with E-state index in [2.05, 4.69) is 21.2 Å². The molecule has 0 spiro atoms. The number of halogens is 1. The third kappa shape index (κ3) is 3.07. The number of rotatable bonds is 4. The summed E-state index contributed by atoms with van der Waals surface area (Å²) in [6, 6.07) is 15.0. The minimum atomic E-state index is -0.128. The number of carbonyl (C=O) groups is 1. The summed E-state index contributed by atoms with van der Waals surface area (Å²) in [7, 11) is 1.74. The molecule has 6 heteroatoms. The van der Waals surface area contributed by atoms with E-state index in [1.165, 1.54) is 0 Å². The molecule has 0 fully saturated rings. The van der Waals surface area contributed by atoms with Crippen molar-refractivity contribution in [2.75, 3.05) is 5.32 Å². The summed E-state index contributed by atoms with van der Waals surface area (Å²) in [5.74, 6) is -0.128. The Kier molecular flexibility index (Phi) is 4.34. The number of nitrogens with zero attached hydrogens (tertiary/aromatic N) is 2. The number of para-hydroxylation sites is 3. The van der Waals surface area contributed by atoms with Crippen LogP contribution in [0.3, 0.4) is 0 Å². The molecule has 0 aliphatic heterocycles. The van der Waals surface area contributed by atoms with Crippen molar-refractivity contribution in [2.45, 2.75) is 13.0 Å². The number of fused-ring (bicyclic) bond motifs is 1. The molecule has 0 aliphatic rings. The van der Waals surface area contributed by atoms with Crippen LogP contribution in [0, 0.1) is 0 Å². The third-order valence-corrected chi connectivity index (χ3v) is 4.45. The van der Waals surface area contributed by atoms with Gasteiger partial charge in [0.05, 0.1) is 16.7 Å². The van der Waals surface area contributed by atoms with Gasteiger partial charge >= 0.3 is 5.69 Å². The standard InChI is InChI=1S/C17H16BrN3O2/c1-20-14-8-4-5-9-15(14)21(17(20)23)11-10-16(22)19-13-7-3-2-6-12(13)18/h2-9H,10-11H2,1H3,(H,19,22). The van der Waals surface area contributed by atoms with Gasteiger partial charge in [-0.25, -0.2) is 4.79 Å². The number of imidazole rings is 1. The second-order valence-corrected chi connectivity index (χ2v) is 6.11. The third-order valence-electron chi connectivity index (χ3n) is 3.76. The van der Waals surface area contributed by atoms with Crippen LogP contribution in [0.2, 0.25) is 0 Å². The molecule has 1 aromatic heterocycles. The number of hydrogen-bond acceptors (Lipinski definition) is 2. The van der Waals surface area contributed by atoms with Gasteiger partial charge in [0, 0.05) is 24.5 Å². The van der Waals surface area contributed by atoms with Crippen molar-refractivity contribution in [3.63, 3.8) is 0 Å². The van der Waals surface area contributed by atoms with Crippen molar-refractivity contribution in [3.05, 3.63) is 63.5 Å². The van der Waals surface area contributed by atoms with Crippen molar-refractivity contribution in [3.8, 4) is 0 Å². The average molecular weight is 374 g/mol. The summed E-state index contributed by atoms with van der Waals surface area (Å²) in [5, 5.41) is 2.85. The van der Waals surface area contributed by atoms with Gasteiger partial charge in [0.1, 0.15) is 0 Å². The van der Waals surface area contributed by atoms with Gasteiger partial charge in [0.2, 0.25) is 5.91 Å². The summed E-state index contributed by atoms with van der Waals surface area (Å²) in [5.41, 5.74) is 2.32. The first kappa shape index (κ1) is 15.6. The minimum Gasteiger partial charge on any atom is -0.325 e. The number of carbonyl (C=O) groups excluding carboxylic acids is 1. The fourth-order valence-corrected chi connectivity index (χ4v) is 2.95. The Labute approximate surface area is 141 Å². The van der Waals surface area contributed by atoms with E-state index in [1.54, 1.807) is 16.2 Å². The van der Waals surface area contributed by atoms with E-state index in [4.69, 9.17) is 0 Å². The van der Waals surface area contributed by atoms with Crippen molar-refractivity contribution < 1.29 is 4.79 Å². The van der Waals surface area contributed by atoms with Crippen molar-refractivity contribution >= 4 is 38.6 Å². The Hall–Kier alpha value is -2.34. The summed E-state index contributed by atoms with van der Waals surface area (Å²) >= 11 is 3.40. The first-order valence-electron chi connectivity index (χ1n) is 7.26. The molecule has 5 nitrogen and oxygen atoms in total. The molecule has 1 amide bonds. The Morgan fingerprint density at radius 3 is 2.48 bits per heavy atom. The van der Waals surface area contributed by atoms with Crippen molar-refractivity contribution in [2.24, 2.45) is 7.05 Å². The molecular weight excluding hydrogens is 358 g/mol. The van der Waals surface area contributed by atoms with E-state index >= 15 is 0 Å². The number of benzene rings is 2. The smallest absolute Gasteiger partial charge is 0.325 e. The van der Waals surface area contributed by atoms with Crippen LogP contribution in [-0.2, 0) is 18.4 Å². The first-order chi connectivity index (χ1) is 11.1. The number of amides is 1. The van der Waals surface area contributed by atoms with Crippen molar-refractivity contribution in [1.82, 2.24) is 9.13 Å². The minimum absolute atomic E-state index is 0.111. The largest absolute Gasteiger partial charge is 0.328 e. The van der Waals surface area contributed by atoms with Gasteiger partial charge in [-0.05, 0) is 40.2 Å². The predicted molar refractivity (Wildman–Crippen MR) is 94.6 cm³/mol. The van der Waals surface area contributed by atoms with Crippen LogP contribution < -0.4 is 11.0 Å². The number of aromatic nitrogens is 2. The van der Waals surface area contributed by atoms with E-state index < -0.39 is 0 Å². The summed E-state index contributed by atoms with van der Waals surface area (Å²) in [4.78, 5) is 24.4. The normalized spacial score (nSPS) is 10.9. The van der Waals surface area contributed by atoms with Crippen LogP contribution in [0.4, 0.5) is 5.69 Å². The molecule has 0 unspecified atom stereocenters. The lowest BCUT2D eigenvalue weighted by Gasteiger charge is -2.07. The number of anilines is 1. The summed E-state index contributed by atoms with van der Waals surface area (Å²) in [6.07, 6.45) is 0.231. The van der Waals surface area contributed by atoms with Crippen molar-refractivity contribution in [1.29, 1.82) is 0 Å². The van der Waals surface area contributed by atoms with Gasteiger partial charge in [0.15, 0.2) is 0 Å². The van der Waals surface area contributed by atoms with Gasteiger partial charge in [-0.15, -0.1) is 0 Å². The Bertz CT molecular complexity index is 927. The van der Waals surface area contributed by atoms with Gasteiger partial charge in [-0.2, -0.15) is 0 Å². The predicted octanol–water partition coefficient (Wildman–Crippen LogP) is 3.13. The van der Waals surface area contributed by atoms with E-state index in [0.29, 0.717) is 6.54 Å². The van der Waals surface area contributed by atoms with Crippen LogP contribution >= 0.6 is 15.9 Å². The van der Waals surface area contributed by atoms with E-state index in [1.807, 2.05) is 48.5 Å². The maximum atomic E-state index is 12.3. The lowest BCUT2D eigenvalue weighted by Crippen LogP contribution is -2.24. The highest BCUT2D eigenvalue weighted by molar-refractivity contribution is 9.10. The molecule has 1 heterocycles. The van der Waals surface area contributed by atoms with Crippen LogP contribution in [0.25, 0.3) is 11.0 Å². The zero-order chi connectivity index (χ0) is 16.4. The van der Waals surface area contributed by atoms with Crippen LogP contribution in [-0.4, -0.2) is 15.0 Å². The molecule has 23 heavy (non-hydrogen) atoms. The maximum absolute atomic E-state index is 12.3. The molecule has 0 aliphatic carbocycles. The van der Waals surface area contributed by atoms with Crippen LogP contribution in [0.5, 0.6) is 0 Å². The molecule has 118 valence electrons. The monoisotopic (exact) mass is 373 g/mol. The molecular formula is C17H16BrN3O2. The summed E-state index contributed by atoms with van der Waals surface area (Å²) in [6.45, 7) is 0.344. The zero-order valence-electron chi connectivity index (χ0n) is 12.6. The molecule has 0 radical (unpaired) electrons. The Balaban J connectivity index is 1.76. The first-order valence-corrected chi connectivity index (χ1v) is 8.06. The molecule has 0 atom stereocenters. The maximum Gasteiger partial charge on any atom is 0.328 e. The topological polar surface area (TPSA) is 56.0 Å². The lowest BCUT2D eigenvalue weighted by atomic mass is 10.3. The lowest BCUT2D eigenvalue weighted by molar-refractivity contribution is -0.116. The van der Waals surface area contributed by atoms with E-state index in [9.17, 15) is 9.59 Å². The molecule has 3 rings (SSSR count). The molecule has 0 saturated heterocycles. The molecule has 3 aromatic rings. The van der Waals surface area contributed by atoms with Gasteiger partial charge < -0.3 is 5.32 Å². The number of nitrogens with one attached hydrogen (secondary N) is 1. The molecule has 1 N–H and O–H groups in total. The summed E-state index contributed by atoms with van der Waals surface area (Å²) < 4.78 is 4.06. The Morgan fingerprint density at radius 2 is 1.74 bits per heavy atom. The highest BCUT2D eigenvalue weighted by atomic mass is 79.9. The quantitative estimate of drug-likeness (QED) is 0.763. The van der Waals surface area contributed by atoms with E-state index in [-0.39, 0.29) is 18.0 Å². The number of hydrogen-bond donors (Lipinski definition) is 1. The fourth-order valence-electron chi connectivity index (χ4n) is 2.57. The highest BCUT2D eigenvalue weighted by Crippen LogP contribution is 2.21. The molecule has 2 aromatic carbocycles. The number of aryl methyl sites for hydroxylation is 2. The van der Waals surface area contributed by atoms with Gasteiger partial charge in [-0.3, -0.25) is 13.9 Å². The second kappa shape index (κ2) is 6.42. The van der Waals surface area contributed by atoms with Gasteiger partial charge in [0.25, 0.3) is 0 Å². The molecule has 0 bridgehead atoms. The highest BCUT2D eigenvalue weighted by Gasteiger charge is 2.12. The molecule has 0 saturated carbocycles. The SMILES string of the molecule is Cn1c(=O)n(CCC(=O)Nc2ccccc2Br)c2ccccc21. The van der Waals surface area contributed by atoms with Crippen LogP contribution in [0.15, 0.2) is 57.8 Å². The Morgan fingerprint density at radius 1 is 1.09 bits per heavy atom. The van der Waals surface area contributed by atoms with Gasteiger partial charge in [-0.1, -0.05) is 24.3 Å². The second-order valence-electron chi connectivity index (χ2n) is 5.26. The zero-order valence-corrected chi connectivity index (χ0v) is 14.2. The average Bonchev–Trinajstić information content (AvgIpc) is 2.80. The van der Waals surface area contributed by atoms with Crippen LogP contribution in [0.1, 0.15) is 6.42 Å². The van der Waals surface area contributed by atoms with E-state index in [0.717, 1.165) is 21.2 Å². The fraction of sp³-hybridized carbons (Fsp3) is 0.176.